The van der Waals surface area contributed by atoms with Crippen LogP contribution in [0.4, 0.5) is 0 Å². The topological polar surface area (TPSA) is 74.8 Å². The highest BCUT2D eigenvalue weighted by Gasteiger charge is 2.51. The summed E-state index contributed by atoms with van der Waals surface area (Å²) in [5.74, 6) is -3.03. The van der Waals surface area contributed by atoms with Crippen LogP contribution in [0, 0.1) is 11.8 Å². The number of fused-ring (bicyclic) bond motifs is 1. The van der Waals surface area contributed by atoms with Crippen molar-refractivity contribution in [3.63, 3.8) is 0 Å². The van der Waals surface area contributed by atoms with Gasteiger partial charge in [0.15, 0.2) is 5.78 Å². The van der Waals surface area contributed by atoms with Crippen molar-refractivity contribution in [2.75, 3.05) is 6.54 Å². The van der Waals surface area contributed by atoms with Crippen LogP contribution in [0.3, 0.4) is 0 Å². The molecule has 0 N–H and O–H groups in total. The van der Waals surface area contributed by atoms with E-state index in [1.807, 2.05) is 12.2 Å². The minimum atomic E-state index is -0.674. The summed E-state index contributed by atoms with van der Waals surface area (Å²) in [4.78, 5) is 52.6. The van der Waals surface area contributed by atoms with Gasteiger partial charge in [-0.3, -0.25) is 19.2 Å². The first-order valence-electron chi connectivity index (χ1n) is 9.25. The van der Waals surface area contributed by atoms with Gasteiger partial charge in [0.2, 0.25) is 0 Å². The number of Topliss-reactive ketones (excluding diaryl/α,β-unsaturated/α-hetero) is 1. The molecule has 0 spiro atoms. The average molecular weight is 463 g/mol. The van der Waals surface area contributed by atoms with Gasteiger partial charge in [0.25, 0.3) is 17.7 Å². The molecule has 6 nitrogen and oxygen atoms in total. The van der Waals surface area contributed by atoms with Gasteiger partial charge in [-0.15, -0.1) is 11.3 Å². The van der Waals surface area contributed by atoms with E-state index in [0.717, 1.165) is 10.0 Å². The minimum Gasteiger partial charge on any atom is -0.291 e. The average Bonchev–Trinajstić information content (AvgIpc) is 3.36. The molecular formula is C21H16Cl2N2O4S. The van der Waals surface area contributed by atoms with Crippen LogP contribution in [-0.4, -0.2) is 40.1 Å². The molecule has 0 unspecified atom stereocenters. The number of carbonyl (C=O) groups is 4. The molecule has 1 aliphatic heterocycles. The lowest BCUT2D eigenvalue weighted by molar-refractivity contribution is -0.154. The molecule has 2 aromatic rings. The van der Waals surface area contributed by atoms with Crippen molar-refractivity contribution in [2.45, 2.75) is 12.8 Å². The van der Waals surface area contributed by atoms with E-state index >= 15 is 0 Å². The molecule has 0 radical (unpaired) electrons. The minimum absolute atomic E-state index is 0.122. The molecule has 9 heteroatoms. The van der Waals surface area contributed by atoms with Crippen LogP contribution in [0.5, 0.6) is 0 Å². The third kappa shape index (κ3) is 3.69. The Labute approximate surface area is 186 Å². The highest BCUT2D eigenvalue weighted by molar-refractivity contribution is 7.12. The number of ketones is 1. The molecule has 4 rings (SSSR count). The number of nitrogens with zero attached hydrogens (tertiary/aromatic N) is 2. The van der Waals surface area contributed by atoms with E-state index in [-0.39, 0.29) is 21.4 Å². The summed E-state index contributed by atoms with van der Waals surface area (Å²) in [6, 6.07) is 7.60. The van der Waals surface area contributed by atoms with Crippen LogP contribution in [0.1, 0.15) is 32.9 Å². The van der Waals surface area contributed by atoms with E-state index in [9.17, 15) is 19.2 Å². The number of hydrazine groups is 1. The summed E-state index contributed by atoms with van der Waals surface area (Å²) in [5.41, 5.74) is 0.122. The lowest BCUT2D eigenvalue weighted by Crippen LogP contribution is -2.52. The van der Waals surface area contributed by atoms with Crippen LogP contribution in [0.25, 0.3) is 0 Å². The lowest BCUT2D eigenvalue weighted by Gasteiger charge is -2.30. The van der Waals surface area contributed by atoms with E-state index < -0.39 is 36.1 Å². The summed E-state index contributed by atoms with van der Waals surface area (Å²) in [6.07, 6.45) is 4.58. The number of rotatable bonds is 5. The first kappa shape index (κ1) is 20.8. The summed E-state index contributed by atoms with van der Waals surface area (Å²) >= 11 is 13.2. The largest absolute Gasteiger partial charge is 0.291 e. The molecule has 154 valence electrons. The van der Waals surface area contributed by atoms with Crippen molar-refractivity contribution in [3.05, 3.63) is 68.3 Å². The van der Waals surface area contributed by atoms with Crippen molar-refractivity contribution in [1.82, 2.24) is 10.0 Å². The number of halogens is 2. The second-order valence-electron chi connectivity index (χ2n) is 7.04. The SMILES string of the molecule is O=C(CN(C(=O)c1ccc(Cl)c(Cl)c1)N1C(=O)[C@@H]2CC=CC[C@H]2C1=O)c1cccs1. The van der Waals surface area contributed by atoms with Crippen molar-refractivity contribution in [3.8, 4) is 0 Å². The molecular weight excluding hydrogens is 447 g/mol. The van der Waals surface area contributed by atoms with Gasteiger partial charge in [0.05, 0.1) is 26.8 Å². The van der Waals surface area contributed by atoms with Gasteiger partial charge in [-0.1, -0.05) is 41.4 Å². The van der Waals surface area contributed by atoms with E-state index in [1.165, 1.54) is 29.5 Å². The molecule has 3 amide bonds. The normalized spacial score (nSPS) is 20.4. The molecule has 1 aliphatic carbocycles. The van der Waals surface area contributed by atoms with Crippen molar-refractivity contribution >= 4 is 58.0 Å². The Hall–Kier alpha value is -2.48. The maximum atomic E-state index is 13.3. The predicted molar refractivity (Wildman–Crippen MR) is 113 cm³/mol. The number of carbonyl (C=O) groups excluding carboxylic acids is 4. The van der Waals surface area contributed by atoms with Gasteiger partial charge in [-0.2, -0.15) is 5.01 Å². The quantitative estimate of drug-likeness (QED) is 0.378. The molecule has 1 aromatic carbocycles. The molecule has 0 bridgehead atoms. The van der Waals surface area contributed by atoms with Crippen molar-refractivity contribution in [2.24, 2.45) is 11.8 Å². The van der Waals surface area contributed by atoms with E-state index in [4.69, 9.17) is 23.2 Å². The number of hydrogen-bond donors (Lipinski definition) is 0. The Morgan fingerprint density at radius 3 is 2.27 bits per heavy atom. The third-order valence-electron chi connectivity index (χ3n) is 5.22. The monoisotopic (exact) mass is 462 g/mol. The van der Waals surface area contributed by atoms with Gasteiger partial charge in [-0.05, 0) is 42.5 Å². The molecule has 2 atom stereocenters. The van der Waals surface area contributed by atoms with Gasteiger partial charge in [-0.25, -0.2) is 5.01 Å². The van der Waals surface area contributed by atoms with Gasteiger partial charge in [0.1, 0.15) is 6.54 Å². The standard InChI is InChI=1S/C21H16Cl2N2O4S/c22-15-8-7-12(10-16(15)23)19(27)24(11-17(26)18-6-3-9-30-18)25-20(28)13-4-1-2-5-14(13)21(25)29/h1-3,6-10,13-14H,4-5,11H2/t13-,14-/m1/s1. The maximum Gasteiger partial charge on any atom is 0.273 e. The molecule has 1 fully saturated rings. The summed E-state index contributed by atoms with van der Waals surface area (Å²) < 4.78 is 0. The Morgan fingerprint density at radius 2 is 1.70 bits per heavy atom. The van der Waals surface area contributed by atoms with Crippen LogP contribution in [0.15, 0.2) is 47.9 Å². The van der Waals surface area contributed by atoms with Crippen LogP contribution in [-0.2, 0) is 9.59 Å². The molecule has 1 aromatic heterocycles. The lowest BCUT2D eigenvalue weighted by atomic mass is 9.85. The number of hydrogen-bond acceptors (Lipinski definition) is 5. The molecule has 30 heavy (non-hydrogen) atoms. The van der Waals surface area contributed by atoms with Crippen LogP contribution in [0.2, 0.25) is 10.0 Å². The second-order valence-corrected chi connectivity index (χ2v) is 8.80. The zero-order valence-electron chi connectivity index (χ0n) is 15.6. The number of amides is 3. The van der Waals surface area contributed by atoms with Gasteiger partial charge < -0.3 is 0 Å². The zero-order valence-corrected chi connectivity index (χ0v) is 17.9. The predicted octanol–water partition coefficient (Wildman–Crippen LogP) is 4.25. The summed E-state index contributed by atoms with van der Waals surface area (Å²) in [6.45, 7) is -0.441. The van der Waals surface area contributed by atoms with Gasteiger partial charge in [0, 0.05) is 5.56 Å². The Balaban J connectivity index is 1.70. The second kappa shape index (κ2) is 8.34. The first-order valence-corrected chi connectivity index (χ1v) is 10.9. The highest BCUT2D eigenvalue weighted by Crippen LogP contribution is 2.36. The third-order valence-corrected chi connectivity index (χ3v) is 6.87. The first-order chi connectivity index (χ1) is 14.4. The zero-order chi connectivity index (χ0) is 21.4. The fourth-order valence-electron chi connectivity index (χ4n) is 3.68. The Bertz CT molecular complexity index is 1040. The van der Waals surface area contributed by atoms with E-state index in [0.29, 0.717) is 17.7 Å². The maximum absolute atomic E-state index is 13.3. The fourth-order valence-corrected chi connectivity index (χ4v) is 4.64. The molecule has 0 saturated carbocycles. The van der Waals surface area contributed by atoms with E-state index in [1.54, 1.807) is 17.5 Å². The fraction of sp³-hybridized carbons (Fsp3) is 0.238. The van der Waals surface area contributed by atoms with Crippen LogP contribution >= 0.6 is 34.5 Å². The number of thiophene rings is 1. The van der Waals surface area contributed by atoms with E-state index in [2.05, 4.69) is 0 Å². The van der Waals surface area contributed by atoms with Crippen molar-refractivity contribution < 1.29 is 19.2 Å². The number of benzene rings is 1. The molecule has 2 heterocycles. The van der Waals surface area contributed by atoms with Crippen LogP contribution < -0.4 is 0 Å². The number of allylic oxidation sites excluding steroid dienone is 2. The summed E-state index contributed by atoms with van der Waals surface area (Å²) in [5, 5.41) is 3.94. The molecule has 2 aliphatic rings. The Morgan fingerprint density at radius 1 is 1.03 bits per heavy atom. The van der Waals surface area contributed by atoms with Gasteiger partial charge >= 0.3 is 0 Å². The highest BCUT2D eigenvalue weighted by atomic mass is 35.5. The Kier molecular flexibility index (Phi) is 5.77. The smallest absolute Gasteiger partial charge is 0.273 e. The molecule has 1 saturated heterocycles. The van der Waals surface area contributed by atoms with Crippen molar-refractivity contribution in [1.29, 1.82) is 0 Å². The number of imide groups is 1. The summed E-state index contributed by atoms with van der Waals surface area (Å²) in [7, 11) is 0.